The Morgan fingerprint density at radius 1 is 0.931 bits per heavy atom. The number of H-pyrrole nitrogens is 1. The van der Waals surface area contributed by atoms with E-state index in [1.54, 1.807) is 18.2 Å². The molecule has 3 aromatic carbocycles. The van der Waals surface area contributed by atoms with Crippen molar-refractivity contribution in [2.24, 2.45) is 0 Å². The molecular weight excluding hydrogens is 362 g/mol. The standard InChI is InChI=1S/C24H23N3O2/c28-24-25-21-10-5-11-22(23(21)29-24)27-14-12-26(13-15-27)17-18-6-4-9-20(16-18)19-7-2-1-3-8-19/h1-11,16H,12-15,17H2,(H,25,28)/i12D2,13D2,14D2,15D2/hD. The van der Waals surface area contributed by atoms with Crippen LogP contribution in [0.25, 0.3) is 22.2 Å². The van der Waals surface area contributed by atoms with E-state index in [0.717, 1.165) is 11.1 Å². The molecule has 4 aromatic rings. The van der Waals surface area contributed by atoms with Crippen LogP contribution < -0.4 is 10.7 Å². The summed E-state index contributed by atoms with van der Waals surface area (Å²) in [6, 6.07) is 20.1. The molecule has 0 aliphatic carbocycles. The minimum Gasteiger partial charge on any atom is -0.406 e. The van der Waals surface area contributed by atoms with E-state index in [1.807, 2.05) is 36.4 Å². The number of hydrogen-bond acceptors (Lipinski definition) is 4. The van der Waals surface area contributed by atoms with Gasteiger partial charge in [0.15, 0.2) is 6.99 Å². The van der Waals surface area contributed by atoms with Gasteiger partial charge in [-0.25, -0.2) is 4.79 Å². The zero-order valence-corrected chi connectivity index (χ0v) is 15.3. The first kappa shape index (κ1) is 10.5. The second-order valence-electron chi connectivity index (χ2n) is 6.54. The van der Waals surface area contributed by atoms with E-state index in [-0.39, 0.29) is 16.8 Å². The summed E-state index contributed by atoms with van der Waals surface area (Å²) in [5, 5.41) is 0. The van der Waals surface area contributed by atoms with Gasteiger partial charge in [0.25, 0.3) is 0 Å². The summed E-state index contributed by atoms with van der Waals surface area (Å²) in [6.45, 7) is -12.9. The van der Waals surface area contributed by atoms with Crippen molar-refractivity contribution in [3.8, 4) is 11.1 Å². The molecule has 0 radical (unpaired) electrons. The van der Waals surface area contributed by atoms with Crippen molar-refractivity contribution in [1.82, 2.24) is 9.88 Å². The zero-order chi connectivity index (χ0) is 27.7. The maximum atomic E-state index is 12.0. The molecule has 29 heavy (non-hydrogen) atoms. The lowest BCUT2D eigenvalue weighted by Crippen LogP contribution is -2.46. The summed E-state index contributed by atoms with van der Waals surface area (Å²) < 4.78 is 83.0. The Morgan fingerprint density at radius 2 is 1.69 bits per heavy atom. The van der Waals surface area contributed by atoms with Crippen LogP contribution in [0.5, 0.6) is 0 Å². The van der Waals surface area contributed by atoms with E-state index in [9.17, 15) is 4.79 Å². The highest BCUT2D eigenvalue weighted by molar-refractivity contribution is 5.86. The predicted molar refractivity (Wildman–Crippen MR) is 116 cm³/mol. The van der Waals surface area contributed by atoms with E-state index in [2.05, 4.69) is 0 Å². The van der Waals surface area contributed by atoms with Crippen LogP contribution in [-0.2, 0) is 6.54 Å². The number of hydrogen-bond donors (Lipinski definition) is 1. The van der Waals surface area contributed by atoms with Crippen molar-refractivity contribution < 1.29 is 16.8 Å². The fraction of sp³-hybridized carbons (Fsp3) is 0.208. The molecule has 1 saturated heterocycles. The summed E-state index contributed by atoms with van der Waals surface area (Å²) >= 11 is 0. The Balaban J connectivity index is 1.62. The number of benzene rings is 3. The molecule has 1 N–H and O–H groups in total. The largest absolute Gasteiger partial charge is 0.417 e. The SMILES string of the molecule is [2H]n1c(=O)oc2c(N3C([2H])([2H])C([2H])([2H])N(Cc4cccc(-c5ccccc5)c4)C([2H])([2H])C3([2H])[2H])cccc21. The first-order valence-corrected chi connectivity index (χ1v) is 9.07. The molecule has 1 aliphatic heterocycles. The Bertz CT molecular complexity index is 1540. The van der Waals surface area contributed by atoms with Gasteiger partial charge in [-0.3, -0.25) is 9.88 Å². The quantitative estimate of drug-likeness (QED) is 0.566. The Morgan fingerprint density at radius 3 is 2.52 bits per heavy atom. The highest BCUT2D eigenvalue weighted by Crippen LogP contribution is 2.26. The van der Waals surface area contributed by atoms with Gasteiger partial charge in [0.2, 0.25) is 0 Å². The van der Waals surface area contributed by atoms with Crippen molar-refractivity contribution in [2.45, 2.75) is 6.54 Å². The summed E-state index contributed by atoms with van der Waals surface area (Å²) in [5.41, 5.74) is 1.29. The third-order valence-corrected chi connectivity index (χ3v) is 4.58. The van der Waals surface area contributed by atoms with Crippen LogP contribution in [-0.4, -0.2) is 35.9 Å². The van der Waals surface area contributed by atoms with Gasteiger partial charge >= 0.3 is 5.76 Å². The lowest BCUT2D eigenvalue weighted by molar-refractivity contribution is 0.250. The highest BCUT2D eigenvalue weighted by atomic mass is 16.4. The van der Waals surface area contributed by atoms with Gasteiger partial charge in [0.05, 0.1) is 16.7 Å². The van der Waals surface area contributed by atoms with Gasteiger partial charge in [-0.1, -0.05) is 54.6 Å². The number of piperazine rings is 1. The van der Waals surface area contributed by atoms with E-state index >= 15 is 0 Å². The molecule has 1 aliphatic rings. The van der Waals surface area contributed by atoms with Crippen LogP contribution in [0.2, 0.25) is 1.41 Å². The van der Waals surface area contributed by atoms with Gasteiger partial charge in [-0.05, 0) is 34.9 Å². The first-order chi connectivity index (χ1) is 17.7. The van der Waals surface area contributed by atoms with E-state index in [4.69, 9.17) is 16.8 Å². The second kappa shape index (κ2) is 7.60. The van der Waals surface area contributed by atoms with Gasteiger partial charge in [-0.15, -0.1) is 0 Å². The molecule has 1 fully saturated rings. The van der Waals surface area contributed by atoms with Crippen LogP contribution in [0.4, 0.5) is 5.69 Å². The number of nitrogens with one attached hydrogen (secondary N) is 1. The van der Waals surface area contributed by atoms with Crippen LogP contribution in [0.15, 0.2) is 82.0 Å². The fourth-order valence-electron chi connectivity index (χ4n) is 3.23. The van der Waals surface area contributed by atoms with Crippen LogP contribution in [0, 0.1) is 0 Å². The number of para-hydroxylation sites is 1. The summed E-state index contributed by atoms with van der Waals surface area (Å²) in [5.74, 6) is -1.10. The maximum absolute atomic E-state index is 12.0. The molecule has 0 atom stereocenters. The second-order valence-corrected chi connectivity index (χ2v) is 6.54. The number of nitrogens with zero attached hydrogens (tertiary/aromatic N) is 2. The number of fused-ring (bicyclic) bond motifs is 1. The topological polar surface area (TPSA) is 52.5 Å². The molecule has 0 saturated carbocycles. The van der Waals surface area contributed by atoms with Gasteiger partial charge < -0.3 is 9.32 Å². The molecule has 1 aromatic heterocycles. The van der Waals surface area contributed by atoms with Crippen LogP contribution in [0.3, 0.4) is 0 Å². The van der Waals surface area contributed by atoms with Gasteiger partial charge in [-0.2, -0.15) is 0 Å². The van der Waals surface area contributed by atoms with Crippen molar-refractivity contribution in [3.05, 3.63) is 88.9 Å². The Hall–Kier alpha value is -3.31. The minimum atomic E-state index is -3.16. The third kappa shape index (κ3) is 3.69. The average molecular weight is 395 g/mol. The Labute approximate surface area is 181 Å². The smallest absolute Gasteiger partial charge is 0.406 e. The molecule has 146 valence electrons. The van der Waals surface area contributed by atoms with Crippen molar-refractivity contribution in [3.63, 3.8) is 0 Å². The molecule has 0 spiro atoms. The molecule has 5 rings (SSSR count). The lowest BCUT2D eigenvalue weighted by Gasteiger charge is -2.36. The van der Waals surface area contributed by atoms with E-state index in [0.29, 0.717) is 20.3 Å². The minimum absolute atomic E-state index is 0.0969. The molecule has 5 nitrogen and oxygen atoms in total. The number of aromatic amines is 1. The third-order valence-electron chi connectivity index (χ3n) is 4.58. The van der Waals surface area contributed by atoms with Gasteiger partial charge in [0.1, 0.15) is 0 Å². The van der Waals surface area contributed by atoms with E-state index in [1.165, 1.54) is 18.2 Å². The number of oxazole rings is 1. The summed E-state index contributed by atoms with van der Waals surface area (Å²) in [7, 11) is 0. The highest BCUT2D eigenvalue weighted by Gasteiger charge is 2.20. The molecule has 5 heteroatoms. The zero-order valence-electron chi connectivity index (χ0n) is 24.3. The molecule has 0 bridgehead atoms. The predicted octanol–water partition coefficient (Wildman–Crippen LogP) is 4.11. The number of anilines is 1. The van der Waals surface area contributed by atoms with Crippen molar-refractivity contribution >= 4 is 16.8 Å². The number of aromatic nitrogens is 1. The summed E-state index contributed by atoms with van der Waals surface area (Å²) in [6.07, 6.45) is 0. The Kier molecular flexibility index (Phi) is 2.74. The van der Waals surface area contributed by atoms with Crippen LogP contribution in [0.1, 0.15) is 16.5 Å². The molecule has 0 unspecified atom stereocenters. The van der Waals surface area contributed by atoms with Crippen molar-refractivity contribution in [1.29, 1.82) is 0 Å². The monoisotopic (exact) mass is 394 g/mol. The normalized spacial score (nSPS) is 26.6. The van der Waals surface area contributed by atoms with E-state index < -0.39 is 38.3 Å². The molecule has 0 amide bonds. The molecular formula is C24H23N3O2. The van der Waals surface area contributed by atoms with Crippen molar-refractivity contribution in [2.75, 3.05) is 30.9 Å². The van der Waals surface area contributed by atoms with Crippen LogP contribution >= 0.6 is 0 Å². The summed E-state index contributed by atoms with van der Waals surface area (Å²) in [4.78, 5) is 13.3. The fourth-order valence-corrected chi connectivity index (χ4v) is 3.23. The van der Waals surface area contributed by atoms with Gasteiger partial charge in [0, 0.05) is 38.0 Å². The first-order valence-electron chi connectivity index (χ1n) is 13.5. The number of rotatable bonds is 4. The molecule has 2 heterocycles. The maximum Gasteiger partial charge on any atom is 0.417 e. The lowest BCUT2D eigenvalue weighted by atomic mass is 10.0. The average Bonchev–Trinajstić information content (AvgIpc) is 3.16.